The van der Waals surface area contributed by atoms with Crippen molar-refractivity contribution >= 4 is 33.4 Å². The van der Waals surface area contributed by atoms with Gasteiger partial charge in [-0.15, -0.1) is 0 Å². The van der Waals surface area contributed by atoms with Crippen LogP contribution < -0.4 is 15.2 Å². The second-order valence-corrected chi connectivity index (χ2v) is 5.75. The van der Waals surface area contributed by atoms with Crippen molar-refractivity contribution in [3.05, 3.63) is 17.4 Å². The molecule has 20 heavy (non-hydrogen) atoms. The second-order valence-electron chi connectivity index (χ2n) is 3.71. The number of nitrogen functional groups attached to an aromatic ring is 1. The van der Waals surface area contributed by atoms with E-state index in [-0.39, 0.29) is 27.7 Å². The van der Waals surface area contributed by atoms with Crippen LogP contribution in [0.4, 0.5) is 11.8 Å². The molecule has 2 rings (SSSR count). The summed E-state index contributed by atoms with van der Waals surface area (Å²) in [7, 11) is -1.04. The number of nitrogens with zero attached hydrogens (tertiary/aromatic N) is 4. The fourth-order valence-electron chi connectivity index (χ4n) is 1.41. The molecule has 0 bridgehead atoms. The first kappa shape index (κ1) is 14.3. The van der Waals surface area contributed by atoms with E-state index in [2.05, 4.69) is 19.8 Å². The molecule has 2 heterocycles. The summed E-state index contributed by atoms with van der Waals surface area (Å²) in [5.74, 6) is -0.228. The molecule has 0 atom stereocenters. The molecule has 3 N–H and O–H groups in total. The van der Waals surface area contributed by atoms with Gasteiger partial charge in [-0.25, -0.2) is 18.1 Å². The monoisotopic (exact) mass is 318 g/mol. The lowest BCUT2D eigenvalue weighted by Gasteiger charge is -2.06. The molecule has 0 fully saturated rings. The van der Waals surface area contributed by atoms with Crippen LogP contribution in [0.1, 0.15) is 0 Å². The Bertz CT molecular complexity index is 744. The van der Waals surface area contributed by atoms with E-state index in [1.54, 1.807) is 7.05 Å². The number of methoxy groups -OCH3 is 1. The van der Waals surface area contributed by atoms with Gasteiger partial charge in [0.05, 0.1) is 7.11 Å². The number of hydrogen-bond acceptors (Lipinski definition) is 7. The predicted molar refractivity (Wildman–Crippen MR) is 72.0 cm³/mol. The van der Waals surface area contributed by atoms with Gasteiger partial charge in [0.15, 0.2) is 5.82 Å². The molecule has 9 nitrogen and oxygen atoms in total. The fraction of sp³-hybridized carbons (Fsp3) is 0.222. The Morgan fingerprint density at radius 1 is 1.45 bits per heavy atom. The summed E-state index contributed by atoms with van der Waals surface area (Å²) in [4.78, 5) is 7.39. The van der Waals surface area contributed by atoms with Crippen molar-refractivity contribution in [2.75, 3.05) is 17.6 Å². The summed E-state index contributed by atoms with van der Waals surface area (Å²) in [5, 5.41) is 3.79. The highest BCUT2D eigenvalue weighted by Gasteiger charge is 2.22. The molecule has 2 aromatic rings. The van der Waals surface area contributed by atoms with Crippen molar-refractivity contribution in [2.45, 2.75) is 4.90 Å². The molecule has 2 aromatic heterocycles. The first-order valence-corrected chi connectivity index (χ1v) is 7.08. The molecule has 0 spiro atoms. The third-order valence-electron chi connectivity index (χ3n) is 2.22. The Labute approximate surface area is 119 Å². The van der Waals surface area contributed by atoms with Crippen molar-refractivity contribution in [2.24, 2.45) is 7.05 Å². The van der Waals surface area contributed by atoms with Crippen LogP contribution >= 0.6 is 11.6 Å². The summed E-state index contributed by atoms with van der Waals surface area (Å²) in [6.45, 7) is 0. The maximum absolute atomic E-state index is 12.1. The van der Waals surface area contributed by atoms with Gasteiger partial charge in [0, 0.05) is 19.3 Å². The van der Waals surface area contributed by atoms with E-state index in [1.807, 2.05) is 0 Å². The van der Waals surface area contributed by atoms with Gasteiger partial charge in [-0.1, -0.05) is 11.6 Å². The Balaban J connectivity index is 2.38. The lowest BCUT2D eigenvalue weighted by Crippen LogP contribution is -2.16. The van der Waals surface area contributed by atoms with E-state index in [1.165, 1.54) is 24.1 Å². The number of nitrogens with two attached hydrogens (primary N) is 1. The van der Waals surface area contributed by atoms with E-state index in [4.69, 9.17) is 22.1 Å². The zero-order valence-electron chi connectivity index (χ0n) is 10.5. The maximum Gasteiger partial charge on any atom is 0.269 e. The molecule has 0 saturated carbocycles. The standard InChI is InChI=1S/C9H11ClN6O3S/c1-16-4-5(8(11)14-16)20(17,18)15-9-12-6(10)3-7(13-9)19-2/h3-4H,1-2H3,(H2,11,14)(H,12,13,15). The van der Waals surface area contributed by atoms with Gasteiger partial charge in [0.1, 0.15) is 10.0 Å². The molecule has 0 radical (unpaired) electrons. The van der Waals surface area contributed by atoms with Crippen LogP contribution in [0.3, 0.4) is 0 Å². The van der Waals surface area contributed by atoms with Crippen molar-refractivity contribution in [3.63, 3.8) is 0 Å². The molecular formula is C9H11ClN6O3S. The lowest BCUT2D eigenvalue weighted by molar-refractivity contribution is 0.397. The number of nitrogens with one attached hydrogen (secondary N) is 1. The highest BCUT2D eigenvalue weighted by Crippen LogP contribution is 2.21. The van der Waals surface area contributed by atoms with E-state index < -0.39 is 10.0 Å². The zero-order chi connectivity index (χ0) is 14.9. The van der Waals surface area contributed by atoms with Crippen LogP contribution in [-0.2, 0) is 17.1 Å². The first-order chi connectivity index (χ1) is 9.31. The average Bonchev–Trinajstić information content (AvgIpc) is 2.67. The zero-order valence-corrected chi connectivity index (χ0v) is 12.1. The number of rotatable bonds is 4. The largest absolute Gasteiger partial charge is 0.481 e. The van der Waals surface area contributed by atoms with E-state index in [9.17, 15) is 8.42 Å². The van der Waals surface area contributed by atoms with Gasteiger partial charge in [-0.3, -0.25) is 4.68 Å². The van der Waals surface area contributed by atoms with Crippen LogP contribution in [0.2, 0.25) is 5.15 Å². The number of halogens is 1. The molecule has 108 valence electrons. The number of hydrogen-bond donors (Lipinski definition) is 2. The molecule has 0 amide bonds. The highest BCUT2D eigenvalue weighted by atomic mass is 35.5. The van der Waals surface area contributed by atoms with Crippen LogP contribution in [0.15, 0.2) is 17.2 Å². The topological polar surface area (TPSA) is 125 Å². The molecule has 0 saturated heterocycles. The van der Waals surface area contributed by atoms with Gasteiger partial charge < -0.3 is 10.5 Å². The van der Waals surface area contributed by atoms with Gasteiger partial charge >= 0.3 is 0 Å². The summed E-state index contributed by atoms with van der Waals surface area (Å²) in [6.07, 6.45) is 1.26. The molecule has 0 aliphatic heterocycles. The van der Waals surface area contributed by atoms with E-state index in [0.29, 0.717) is 0 Å². The van der Waals surface area contributed by atoms with Crippen LogP contribution in [0, 0.1) is 0 Å². The Hall–Kier alpha value is -2.07. The maximum atomic E-state index is 12.1. The lowest BCUT2D eigenvalue weighted by atomic mass is 10.6. The minimum absolute atomic E-state index is 0.0358. The smallest absolute Gasteiger partial charge is 0.269 e. The summed E-state index contributed by atoms with van der Waals surface area (Å²) in [5.41, 5.74) is 5.52. The minimum Gasteiger partial charge on any atom is -0.481 e. The van der Waals surface area contributed by atoms with Crippen LogP contribution in [0.25, 0.3) is 0 Å². The summed E-state index contributed by atoms with van der Waals surface area (Å²) >= 11 is 5.73. The number of sulfonamides is 1. The van der Waals surface area contributed by atoms with Crippen molar-refractivity contribution in [1.29, 1.82) is 0 Å². The van der Waals surface area contributed by atoms with E-state index in [0.717, 1.165) is 0 Å². The highest BCUT2D eigenvalue weighted by molar-refractivity contribution is 7.92. The Morgan fingerprint density at radius 3 is 2.70 bits per heavy atom. The predicted octanol–water partition coefficient (Wildman–Crippen LogP) is 0.255. The molecule has 0 aliphatic carbocycles. The molecule has 0 aromatic carbocycles. The third-order valence-corrected chi connectivity index (χ3v) is 3.76. The van der Waals surface area contributed by atoms with Gasteiger partial charge in [-0.05, 0) is 0 Å². The number of anilines is 2. The van der Waals surface area contributed by atoms with Crippen molar-refractivity contribution in [3.8, 4) is 5.88 Å². The van der Waals surface area contributed by atoms with Gasteiger partial charge in [0.2, 0.25) is 11.8 Å². The minimum atomic E-state index is -3.96. The van der Waals surface area contributed by atoms with Crippen LogP contribution in [0.5, 0.6) is 5.88 Å². The number of aromatic nitrogens is 4. The van der Waals surface area contributed by atoms with Gasteiger partial charge in [0.25, 0.3) is 10.0 Å². The number of aryl methyl sites for hydroxylation is 1. The molecular weight excluding hydrogens is 308 g/mol. The molecule has 0 unspecified atom stereocenters. The third kappa shape index (κ3) is 2.91. The normalized spacial score (nSPS) is 11.3. The van der Waals surface area contributed by atoms with Crippen molar-refractivity contribution < 1.29 is 13.2 Å². The van der Waals surface area contributed by atoms with Crippen molar-refractivity contribution in [1.82, 2.24) is 19.7 Å². The fourth-order valence-corrected chi connectivity index (χ4v) is 2.64. The Kier molecular flexibility index (Phi) is 3.68. The average molecular weight is 319 g/mol. The molecule has 11 heteroatoms. The summed E-state index contributed by atoms with van der Waals surface area (Å²) < 4.78 is 32.6. The molecule has 0 aliphatic rings. The quantitative estimate of drug-likeness (QED) is 0.774. The van der Waals surface area contributed by atoms with Crippen LogP contribution in [-0.4, -0.2) is 35.3 Å². The summed E-state index contributed by atoms with van der Waals surface area (Å²) in [6, 6.07) is 1.35. The SMILES string of the molecule is COc1cc(Cl)nc(NS(=O)(=O)c2cn(C)nc2N)n1. The Morgan fingerprint density at radius 2 is 2.15 bits per heavy atom. The van der Waals surface area contributed by atoms with E-state index >= 15 is 0 Å². The number of ether oxygens (including phenoxy) is 1. The van der Waals surface area contributed by atoms with Gasteiger partial charge in [-0.2, -0.15) is 10.1 Å². The second kappa shape index (κ2) is 5.13. The first-order valence-electron chi connectivity index (χ1n) is 5.22.